The minimum Gasteiger partial charge on any atom is -0.463 e. The van der Waals surface area contributed by atoms with Gasteiger partial charge in [-0.2, -0.15) is 0 Å². The Labute approximate surface area is 192 Å². The molecule has 166 valence electrons. The van der Waals surface area contributed by atoms with Gasteiger partial charge < -0.3 is 10.1 Å². The molecule has 0 radical (unpaired) electrons. The summed E-state index contributed by atoms with van der Waals surface area (Å²) >= 11 is 6.35. The van der Waals surface area contributed by atoms with E-state index in [1.165, 1.54) is 16.4 Å². The molecule has 0 bridgehead atoms. The molecule has 2 aromatic rings. The van der Waals surface area contributed by atoms with E-state index in [0.717, 1.165) is 0 Å². The Balaban J connectivity index is 2.29. The van der Waals surface area contributed by atoms with Crippen molar-refractivity contribution in [2.24, 2.45) is 0 Å². The number of ether oxygens (including phenoxy) is 1. The van der Waals surface area contributed by atoms with Gasteiger partial charge in [-0.15, -0.1) is 0 Å². The largest absolute Gasteiger partial charge is 0.463 e. The molecule has 2 aromatic carbocycles. The number of anilines is 1. The minimum absolute atomic E-state index is 0.148. The Bertz CT molecular complexity index is 973. The topological polar surface area (TPSA) is 55.4 Å². The van der Waals surface area contributed by atoms with E-state index in [0.29, 0.717) is 28.4 Å². The predicted molar refractivity (Wildman–Crippen MR) is 137 cm³/mol. The first-order valence-corrected chi connectivity index (χ1v) is 17.8. The number of halogens is 1. The molecule has 0 spiro atoms. The lowest BCUT2D eigenvalue weighted by atomic mass is 10.1. The lowest BCUT2D eigenvalue weighted by Gasteiger charge is -2.24. The number of amides is 1. The number of carbonyl (C=O) groups is 2. The van der Waals surface area contributed by atoms with Crippen molar-refractivity contribution < 1.29 is 14.3 Å². The van der Waals surface area contributed by atoms with Gasteiger partial charge >= 0.3 is 5.97 Å². The average Bonchev–Trinajstić information content (AvgIpc) is 2.66. The summed E-state index contributed by atoms with van der Waals surface area (Å²) in [7, 11) is -3.16. The molecule has 2 rings (SSSR count). The van der Waals surface area contributed by atoms with Gasteiger partial charge in [0.1, 0.15) is 0 Å². The second-order valence-corrected chi connectivity index (χ2v) is 20.1. The van der Waals surface area contributed by atoms with Gasteiger partial charge in [-0.05, 0) is 30.7 Å². The van der Waals surface area contributed by atoms with Crippen LogP contribution in [-0.2, 0) is 9.53 Å². The van der Waals surface area contributed by atoms with E-state index in [4.69, 9.17) is 16.3 Å². The number of hydrogen-bond acceptors (Lipinski definition) is 3. The molecule has 1 N–H and O–H groups in total. The SMILES string of the molecule is CCOC(=O)C=Cc1ccc(NC(=O)c2cc([Si](C)(C)C)cc([Si](C)(C)C)c2)cc1Cl. The molecule has 4 nitrogen and oxygen atoms in total. The smallest absolute Gasteiger partial charge is 0.330 e. The fourth-order valence-corrected chi connectivity index (χ4v) is 5.66. The van der Waals surface area contributed by atoms with Crippen LogP contribution >= 0.6 is 11.6 Å². The Kier molecular flexibility index (Phi) is 8.08. The zero-order valence-corrected chi connectivity index (χ0v) is 22.2. The number of nitrogens with one attached hydrogen (secondary N) is 1. The van der Waals surface area contributed by atoms with Crippen LogP contribution in [0.5, 0.6) is 0 Å². The van der Waals surface area contributed by atoms with Crippen molar-refractivity contribution in [1.29, 1.82) is 0 Å². The van der Waals surface area contributed by atoms with Crippen LogP contribution in [0.2, 0.25) is 44.3 Å². The summed E-state index contributed by atoms with van der Waals surface area (Å²) in [5, 5.41) is 5.98. The van der Waals surface area contributed by atoms with Gasteiger partial charge in [0, 0.05) is 22.3 Å². The van der Waals surface area contributed by atoms with Gasteiger partial charge in [0.05, 0.1) is 22.8 Å². The lowest BCUT2D eigenvalue weighted by molar-refractivity contribution is -0.137. The molecule has 0 saturated carbocycles. The van der Waals surface area contributed by atoms with E-state index in [1.54, 1.807) is 31.2 Å². The Morgan fingerprint density at radius 2 is 1.55 bits per heavy atom. The van der Waals surface area contributed by atoms with Gasteiger partial charge in [-0.25, -0.2) is 4.79 Å². The first-order chi connectivity index (χ1) is 14.3. The zero-order chi connectivity index (χ0) is 23.4. The van der Waals surface area contributed by atoms with Crippen LogP contribution in [0.3, 0.4) is 0 Å². The van der Waals surface area contributed by atoms with Gasteiger partial charge in [0.25, 0.3) is 5.91 Å². The molecule has 0 saturated heterocycles. The molecule has 0 unspecified atom stereocenters. The summed E-state index contributed by atoms with van der Waals surface area (Å²) in [6.07, 6.45) is 2.94. The first kappa shape index (κ1) is 25.1. The number of hydrogen-bond donors (Lipinski definition) is 1. The highest BCUT2D eigenvalue weighted by Crippen LogP contribution is 2.23. The van der Waals surface area contributed by atoms with Crippen LogP contribution < -0.4 is 15.7 Å². The van der Waals surface area contributed by atoms with Crippen molar-refractivity contribution in [3.05, 3.63) is 58.6 Å². The summed E-state index contributed by atoms with van der Waals surface area (Å²) in [6.45, 7) is 15.8. The summed E-state index contributed by atoms with van der Waals surface area (Å²) in [4.78, 5) is 24.5. The van der Waals surface area contributed by atoms with Crippen LogP contribution in [-0.4, -0.2) is 34.6 Å². The van der Waals surface area contributed by atoms with Gasteiger partial charge in [0.15, 0.2) is 0 Å². The minimum atomic E-state index is -1.58. The van der Waals surface area contributed by atoms with E-state index >= 15 is 0 Å². The Hall–Kier alpha value is -2.16. The fourth-order valence-electron chi connectivity index (χ4n) is 2.92. The quantitative estimate of drug-likeness (QED) is 0.339. The first-order valence-electron chi connectivity index (χ1n) is 10.4. The van der Waals surface area contributed by atoms with E-state index in [9.17, 15) is 9.59 Å². The lowest BCUT2D eigenvalue weighted by Crippen LogP contribution is -2.46. The number of rotatable bonds is 7. The highest BCUT2D eigenvalue weighted by Gasteiger charge is 2.24. The summed E-state index contributed by atoms with van der Waals surface area (Å²) < 4.78 is 4.88. The average molecular weight is 474 g/mol. The molecule has 0 fully saturated rings. The number of esters is 1. The van der Waals surface area contributed by atoms with Crippen molar-refractivity contribution in [2.45, 2.75) is 46.2 Å². The Morgan fingerprint density at radius 1 is 0.968 bits per heavy atom. The highest BCUT2D eigenvalue weighted by atomic mass is 35.5. The molecule has 0 aliphatic rings. The normalized spacial score (nSPS) is 12.1. The fraction of sp³-hybridized carbons (Fsp3) is 0.333. The number of benzene rings is 2. The molecule has 0 aliphatic carbocycles. The molecule has 31 heavy (non-hydrogen) atoms. The highest BCUT2D eigenvalue weighted by molar-refractivity contribution is 6.91. The van der Waals surface area contributed by atoms with Crippen molar-refractivity contribution in [3.63, 3.8) is 0 Å². The van der Waals surface area contributed by atoms with Crippen LogP contribution in [0.25, 0.3) is 6.08 Å². The van der Waals surface area contributed by atoms with E-state index in [-0.39, 0.29) is 5.91 Å². The van der Waals surface area contributed by atoms with Crippen LogP contribution in [0.15, 0.2) is 42.5 Å². The van der Waals surface area contributed by atoms with Crippen LogP contribution in [0.1, 0.15) is 22.8 Å². The molecule has 0 aliphatic heterocycles. The second kappa shape index (κ2) is 9.98. The monoisotopic (exact) mass is 473 g/mol. The van der Waals surface area contributed by atoms with Crippen molar-refractivity contribution in [2.75, 3.05) is 11.9 Å². The Morgan fingerprint density at radius 3 is 2.03 bits per heavy atom. The predicted octanol–water partition coefficient (Wildman–Crippen LogP) is 5.26. The van der Waals surface area contributed by atoms with Crippen molar-refractivity contribution in [3.8, 4) is 0 Å². The molecule has 1 amide bonds. The maximum Gasteiger partial charge on any atom is 0.330 e. The standard InChI is InChI=1S/C24H32ClNO3Si2/c1-8-29-23(27)12-10-17-9-11-19(15-22(17)25)26-24(28)18-13-20(30(2,3)4)16-21(14-18)31(5,6)7/h9-16H,8H2,1-7H3,(H,26,28). The zero-order valence-electron chi connectivity index (χ0n) is 19.4. The van der Waals surface area contributed by atoms with Crippen molar-refractivity contribution in [1.82, 2.24) is 0 Å². The van der Waals surface area contributed by atoms with Crippen LogP contribution in [0, 0.1) is 0 Å². The van der Waals surface area contributed by atoms with Gasteiger partial charge in [-0.3, -0.25) is 4.79 Å². The number of carbonyl (C=O) groups excluding carboxylic acids is 2. The summed E-state index contributed by atoms with van der Waals surface area (Å²) in [5.41, 5.74) is 1.96. The molecule has 7 heteroatoms. The molecule has 0 heterocycles. The van der Waals surface area contributed by atoms with E-state index < -0.39 is 22.1 Å². The maximum absolute atomic E-state index is 13.1. The third kappa shape index (κ3) is 7.19. The molecule has 0 aromatic heterocycles. The summed E-state index contributed by atoms with van der Waals surface area (Å²) in [5.74, 6) is -0.568. The second-order valence-electron chi connectivity index (χ2n) is 9.57. The van der Waals surface area contributed by atoms with E-state index in [2.05, 4.69) is 50.7 Å². The van der Waals surface area contributed by atoms with Gasteiger partial charge in [-0.1, -0.05) is 85.5 Å². The van der Waals surface area contributed by atoms with E-state index in [1.807, 2.05) is 12.1 Å². The van der Waals surface area contributed by atoms with Crippen LogP contribution in [0.4, 0.5) is 5.69 Å². The maximum atomic E-state index is 13.1. The third-order valence-corrected chi connectivity index (χ3v) is 9.24. The van der Waals surface area contributed by atoms with Gasteiger partial charge in [0.2, 0.25) is 0 Å². The molecular weight excluding hydrogens is 442 g/mol. The molecule has 0 atom stereocenters. The third-order valence-electron chi connectivity index (χ3n) is 4.87. The van der Waals surface area contributed by atoms with Crippen molar-refractivity contribution >= 4 is 61.8 Å². The summed E-state index contributed by atoms with van der Waals surface area (Å²) in [6, 6.07) is 11.6. The molecular formula is C24H32ClNO3Si2.